The molecule has 3 aliphatic rings. The minimum atomic E-state index is -1.09. The number of carboxylic acids is 1. The summed E-state index contributed by atoms with van der Waals surface area (Å²) >= 11 is 1.58. The molecule has 0 aliphatic carbocycles. The van der Waals surface area contributed by atoms with Gasteiger partial charge in [0.15, 0.2) is 0 Å². The fraction of sp³-hybridized carbons (Fsp3) is 0.692. The number of aliphatic carboxylic acids is 1. The first kappa shape index (κ1) is 13.9. The second-order valence-electron chi connectivity index (χ2n) is 5.38. The topological polar surface area (TPSA) is 87.1 Å². The zero-order chi connectivity index (χ0) is 14.6. The zero-order valence-corrected chi connectivity index (χ0v) is 12.1. The van der Waals surface area contributed by atoms with Crippen LogP contribution in [-0.2, 0) is 14.3 Å². The van der Waals surface area contributed by atoms with Gasteiger partial charge >= 0.3 is 5.97 Å². The van der Waals surface area contributed by atoms with E-state index in [1.807, 2.05) is 6.26 Å². The number of amides is 1. The summed E-state index contributed by atoms with van der Waals surface area (Å²) in [4.78, 5) is 25.0. The Bertz CT molecular complexity index is 503. The number of carbonyl (C=O) groups is 2. The molecule has 2 N–H and O–H groups in total. The van der Waals surface area contributed by atoms with Gasteiger partial charge in [-0.05, 0) is 19.6 Å². The van der Waals surface area contributed by atoms with Crippen LogP contribution in [0.4, 0.5) is 0 Å². The number of aliphatic hydroxyl groups excluding tert-OH is 1. The highest BCUT2D eigenvalue weighted by Crippen LogP contribution is 2.49. The Morgan fingerprint density at radius 3 is 2.80 bits per heavy atom. The first-order valence-corrected chi connectivity index (χ1v) is 7.90. The number of aliphatic hydroxyl groups is 1. The summed E-state index contributed by atoms with van der Waals surface area (Å²) in [5.41, 5.74) is 0.777. The highest BCUT2D eigenvalue weighted by atomic mass is 32.2. The third-order valence-electron chi connectivity index (χ3n) is 4.35. The summed E-state index contributed by atoms with van der Waals surface area (Å²) in [6, 6.07) is -0.362. The van der Waals surface area contributed by atoms with Crippen molar-refractivity contribution < 1.29 is 24.5 Å². The van der Waals surface area contributed by atoms with E-state index >= 15 is 0 Å². The number of β-lactam (4-membered cyclic amide) rings is 1. The Balaban J connectivity index is 2.04. The summed E-state index contributed by atoms with van der Waals surface area (Å²) in [7, 11) is 0. The fourth-order valence-electron chi connectivity index (χ4n) is 3.52. The lowest BCUT2D eigenvalue weighted by Crippen LogP contribution is -2.65. The molecule has 0 unspecified atom stereocenters. The molecule has 20 heavy (non-hydrogen) atoms. The number of rotatable bonds is 3. The second kappa shape index (κ2) is 4.75. The molecule has 110 valence electrons. The van der Waals surface area contributed by atoms with Crippen molar-refractivity contribution in [2.45, 2.75) is 36.8 Å². The number of hydrogen-bond donors (Lipinski definition) is 2. The van der Waals surface area contributed by atoms with Crippen LogP contribution in [0.1, 0.15) is 13.3 Å². The van der Waals surface area contributed by atoms with Crippen LogP contribution in [0.5, 0.6) is 0 Å². The molecular weight excluding hydrogens is 282 g/mol. The Kier molecular flexibility index (Phi) is 3.30. The van der Waals surface area contributed by atoms with Crippen molar-refractivity contribution in [3.8, 4) is 0 Å². The molecule has 7 heteroatoms. The molecule has 2 saturated heterocycles. The van der Waals surface area contributed by atoms with E-state index in [0.717, 1.165) is 6.42 Å². The molecule has 0 bridgehead atoms. The number of carboxylic acid groups (broad SMARTS) is 1. The van der Waals surface area contributed by atoms with E-state index in [1.165, 1.54) is 4.90 Å². The first-order chi connectivity index (χ1) is 9.49. The van der Waals surface area contributed by atoms with Crippen molar-refractivity contribution in [1.82, 2.24) is 4.90 Å². The Hall–Kier alpha value is -1.05. The van der Waals surface area contributed by atoms with Crippen molar-refractivity contribution >= 4 is 23.6 Å². The molecule has 6 nitrogen and oxygen atoms in total. The molecule has 0 saturated carbocycles. The van der Waals surface area contributed by atoms with Gasteiger partial charge in [-0.25, -0.2) is 4.79 Å². The Morgan fingerprint density at radius 1 is 1.55 bits per heavy atom. The van der Waals surface area contributed by atoms with E-state index in [2.05, 4.69) is 0 Å². The minimum absolute atomic E-state index is 0.0629. The van der Waals surface area contributed by atoms with Gasteiger partial charge in [0, 0.05) is 17.4 Å². The van der Waals surface area contributed by atoms with E-state index in [1.54, 1.807) is 18.7 Å². The van der Waals surface area contributed by atoms with Gasteiger partial charge in [0.2, 0.25) is 5.91 Å². The number of nitrogens with zero attached hydrogens (tertiary/aromatic N) is 1. The third-order valence-corrected chi connectivity index (χ3v) is 5.41. The summed E-state index contributed by atoms with van der Waals surface area (Å²) in [6.07, 6.45) is 1.50. The molecule has 0 aromatic rings. The van der Waals surface area contributed by atoms with E-state index in [-0.39, 0.29) is 29.0 Å². The lowest BCUT2D eigenvalue weighted by atomic mass is 9.80. The molecule has 3 aliphatic heterocycles. The molecule has 5 atom stereocenters. The molecule has 0 aromatic heterocycles. The van der Waals surface area contributed by atoms with Gasteiger partial charge in [0.05, 0.1) is 18.1 Å². The molecule has 1 amide bonds. The fourth-order valence-corrected chi connectivity index (χ4v) is 4.35. The molecular formula is C13H17NO5S. The van der Waals surface area contributed by atoms with Gasteiger partial charge < -0.3 is 14.9 Å². The largest absolute Gasteiger partial charge is 0.477 e. The lowest BCUT2D eigenvalue weighted by molar-refractivity contribution is -0.168. The summed E-state index contributed by atoms with van der Waals surface area (Å²) in [5.74, 6) is -1.96. The van der Waals surface area contributed by atoms with Crippen LogP contribution in [0.15, 0.2) is 11.3 Å². The Morgan fingerprint density at radius 2 is 2.25 bits per heavy atom. The highest BCUT2D eigenvalue weighted by Gasteiger charge is 2.63. The molecule has 0 spiro atoms. The summed E-state index contributed by atoms with van der Waals surface area (Å²) < 4.78 is 5.74. The van der Waals surface area contributed by atoms with Crippen LogP contribution in [0.2, 0.25) is 0 Å². The molecule has 2 fully saturated rings. The highest BCUT2D eigenvalue weighted by molar-refractivity contribution is 7.99. The number of ether oxygens (including phenoxy) is 1. The standard InChI is InChI=1S/C13H17NO5S/c1-5(15)7-9-11-8(6(20-2)3-4-19-11)10(13(17)18)14(9)12(7)16/h5-7,9,11,15H,3-4H2,1-2H3,(H,17,18)/t5-,6+,7-,9+,11+/m1/s1. The SMILES string of the molecule is CS[C@H]1CCO[C@H]2C1=C(C(=O)O)N1C(=O)[C@H]([C@@H](C)O)[C@@H]21. The van der Waals surface area contributed by atoms with Crippen LogP contribution in [0.3, 0.4) is 0 Å². The number of fused-ring (bicyclic) bond motifs is 3. The predicted molar refractivity (Wildman–Crippen MR) is 72.1 cm³/mol. The maximum Gasteiger partial charge on any atom is 0.352 e. The van der Waals surface area contributed by atoms with Crippen molar-refractivity contribution in [2.75, 3.05) is 12.9 Å². The molecule has 0 radical (unpaired) electrons. The van der Waals surface area contributed by atoms with E-state index in [9.17, 15) is 19.8 Å². The van der Waals surface area contributed by atoms with Crippen molar-refractivity contribution in [1.29, 1.82) is 0 Å². The van der Waals surface area contributed by atoms with Gasteiger partial charge in [-0.2, -0.15) is 11.8 Å². The van der Waals surface area contributed by atoms with Crippen molar-refractivity contribution in [2.24, 2.45) is 5.92 Å². The van der Waals surface area contributed by atoms with Gasteiger partial charge in [0.25, 0.3) is 0 Å². The lowest BCUT2D eigenvalue weighted by Gasteiger charge is -2.47. The van der Waals surface area contributed by atoms with Crippen LogP contribution in [0, 0.1) is 5.92 Å². The van der Waals surface area contributed by atoms with Crippen LogP contribution >= 0.6 is 11.8 Å². The van der Waals surface area contributed by atoms with Crippen LogP contribution in [0.25, 0.3) is 0 Å². The quantitative estimate of drug-likeness (QED) is 0.717. The number of thioether (sulfide) groups is 1. The second-order valence-corrected chi connectivity index (χ2v) is 6.42. The average Bonchev–Trinajstić information content (AvgIpc) is 2.69. The summed E-state index contributed by atoms with van der Waals surface area (Å²) in [5, 5.41) is 19.3. The van der Waals surface area contributed by atoms with E-state index in [4.69, 9.17) is 4.74 Å². The predicted octanol–water partition coefficient (Wildman–Crippen LogP) is 0.0670. The van der Waals surface area contributed by atoms with Crippen LogP contribution in [-0.4, -0.2) is 63.4 Å². The summed E-state index contributed by atoms with van der Waals surface area (Å²) in [6.45, 7) is 2.12. The smallest absolute Gasteiger partial charge is 0.352 e. The van der Waals surface area contributed by atoms with Crippen LogP contribution < -0.4 is 0 Å². The van der Waals surface area contributed by atoms with Crippen molar-refractivity contribution in [3.05, 3.63) is 11.3 Å². The van der Waals surface area contributed by atoms with Gasteiger partial charge in [-0.1, -0.05) is 0 Å². The third kappa shape index (κ3) is 1.66. The van der Waals surface area contributed by atoms with Crippen molar-refractivity contribution in [3.63, 3.8) is 0 Å². The maximum absolute atomic E-state index is 12.1. The minimum Gasteiger partial charge on any atom is -0.477 e. The molecule has 3 heterocycles. The van der Waals surface area contributed by atoms with E-state index in [0.29, 0.717) is 12.2 Å². The van der Waals surface area contributed by atoms with Gasteiger partial charge in [0.1, 0.15) is 11.8 Å². The zero-order valence-electron chi connectivity index (χ0n) is 11.3. The Labute approximate surface area is 120 Å². The average molecular weight is 299 g/mol. The van der Waals surface area contributed by atoms with Gasteiger partial charge in [-0.15, -0.1) is 0 Å². The number of hydrogen-bond acceptors (Lipinski definition) is 5. The normalized spacial score (nSPS) is 37.4. The van der Waals surface area contributed by atoms with E-state index < -0.39 is 18.0 Å². The van der Waals surface area contributed by atoms with Gasteiger partial charge in [-0.3, -0.25) is 9.69 Å². The maximum atomic E-state index is 12.1. The first-order valence-electron chi connectivity index (χ1n) is 6.62. The molecule has 3 rings (SSSR count). The molecule has 0 aromatic carbocycles. The number of carbonyl (C=O) groups excluding carboxylic acids is 1. The monoisotopic (exact) mass is 299 g/mol.